The minimum Gasteiger partial charge on any atom is -0.484 e. The molecule has 2 amide bonds. The molecule has 0 radical (unpaired) electrons. The van der Waals surface area contributed by atoms with E-state index in [0.29, 0.717) is 11.5 Å². The Hall–Kier alpha value is -3.02. The average molecular weight is 328 g/mol. The lowest BCUT2D eigenvalue weighted by Gasteiger charge is -2.15. The molecule has 0 heterocycles. The van der Waals surface area contributed by atoms with Crippen LogP contribution in [0.2, 0.25) is 0 Å². The molecule has 0 aliphatic heterocycles. The Morgan fingerprint density at radius 3 is 2.42 bits per heavy atom. The van der Waals surface area contributed by atoms with E-state index in [-0.39, 0.29) is 6.61 Å². The van der Waals surface area contributed by atoms with Gasteiger partial charge in [-0.3, -0.25) is 20.4 Å². The largest absolute Gasteiger partial charge is 0.484 e. The summed E-state index contributed by atoms with van der Waals surface area (Å²) in [6, 6.07) is 16.3. The number of hydrazine groups is 1. The zero-order valence-corrected chi connectivity index (χ0v) is 13.6. The number of nitrogens with one attached hydrogen (secondary N) is 2. The topological polar surface area (TPSA) is 76.7 Å². The van der Waals surface area contributed by atoms with Gasteiger partial charge in [-0.1, -0.05) is 30.3 Å². The Morgan fingerprint density at radius 1 is 1.00 bits per heavy atom. The van der Waals surface area contributed by atoms with E-state index in [1.54, 1.807) is 25.1 Å². The van der Waals surface area contributed by atoms with Crippen molar-refractivity contribution in [1.29, 1.82) is 0 Å². The van der Waals surface area contributed by atoms with Gasteiger partial charge in [-0.15, -0.1) is 0 Å². The van der Waals surface area contributed by atoms with Crippen LogP contribution in [0.25, 0.3) is 0 Å². The summed E-state index contributed by atoms with van der Waals surface area (Å²) in [5, 5.41) is 0. The van der Waals surface area contributed by atoms with Crippen molar-refractivity contribution in [2.75, 3.05) is 6.61 Å². The van der Waals surface area contributed by atoms with Crippen LogP contribution in [-0.4, -0.2) is 24.5 Å². The van der Waals surface area contributed by atoms with Crippen LogP contribution < -0.4 is 20.3 Å². The molecule has 2 N–H and O–H groups in total. The molecule has 24 heavy (non-hydrogen) atoms. The van der Waals surface area contributed by atoms with Gasteiger partial charge in [0.15, 0.2) is 12.7 Å². The number of aryl methyl sites for hydroxylation is 1. The van der Waals surface area contributed by atoms with Crippen molar-refractivity contribution in [3.8, 4) is 11.5 Å². The Bertz CT molecular complexity index is 688. The maximum atomic E-state index is 11.9. The molecule has 1 atom stereocenters. The fraction of sp³-hybridized carbons (Fsp3) is 0.222. The Kier molecular flexibility index (Phi) is 6.19. The third-order valence-corrected chi connectivity index (χ3v) is 3.11. The number of benzene rings is 2. The van der Waals surface area contributed by atoms with E-state index in [4.69, 9.17) is 9.47 Å². The summed E-state index contributed by atoms with van der Waals surface area (Å²) in [6.07, 6.45) is -0.745. The zero-order chi connectivity index (χ0) is 17.4. The zero-order valence-electron chi connectivity index (χ0n) is 13.6. The predicted octanol–water partition coefficient (Wildman–Crippen LogP) is 1.99. The van der Waals surface area contributed by atoms with Gasteiger partial charge in [0.2, 0.25) is 0 Å². The molecule has 2 rings (SSSR count). The molecule has 0 aromatic heterocycles. The summed E-state index contributed by atoms with van der Waals surface area (Å²) in [5.74, 6) is 0.256. The molecule has 0 bridgehead atoms. The summed E-state index contributed by atoms with van der Waals surface area (Å²) in [7, 11) is 0. The van der Waals surface area contributed by atoms with E-state index < -0.39 is 17.9 Å². The monoisotopic (exact) mass is 328 g/mol. The van der Waals surface area contributed by atoms with Crippen molar-refractivity contribution in [2.24, 2.45) is 0 Å². The van der Waals surface area contributed by atoms with Gasteiger partial charge in [-0.25, -0.2) is 0 Å². The number of para-hydroxylation sites is 1. The molecule has 0 fully saturated rings. The fourth-order valence-electron chi connectivity index (χ4n) is 1.88. The van der Waals surface area contributed by atoms with Gasteiger partial charge in [0.05, 0.1) is 0 Å². The van der Waals surface area contributed by atoms with Crippen LogP contribution in [0.3, 0.4) is 0 Å². The SMILES string of the molecule is Cc1cccc(OCC(=O)NNC(=O)C(C)Oc2ccccc2)c1. The first-order valence-corrected chi connectivity index (χ1v) is 7.54. The highest BCUT2D eigenvalue weighted by Gasteiger charge is 2.15. The molecule has 6 nitrogen and oxygen atoms in total. The number of hydrogen-bond acceptors (Lipinski definition) is 4. The summed E-state index contributed by atoms with van der Waals surface area (Å²) in [5.41, 5.74) is 5.63. The molecule has 2 aromatic carbocycles. The molecule has 0 saturated heterocycles. The minimum atomic E-state index is -0.745. The Labute approximate surface area is 140 Å². The predicted molar refractivity (Wildman–Crippen MR) is 89.5 cm³/mol. The summed E-state index contributed by atoms with van der Waals surface area (Å²) >= 11 is 0. The molecule has 126 valence electrons. The third-order valence-electron chi connectivity index (χ3n) is 3.11. The number of hydrogen-bond donors (Lipinski definition) is 2. The summed E-state index contributed by atoms with van der Waals surface area (Å²) in [4.78, 5) is 23.6. The van der Waals surface area contributed by atoms with Gasteiger partial charge < -0.3 is 9.47 Å². The summed E-state index contributed by atoms with van der Waals surface area (Å²) in [6.45, 7) is 3.33. The van der Waals surface area contributed by atoms with Gasteiger partial charge in [-0.05, 0) is 43.7 Å². The van der Waals surface area contributed by atoms with Crippen LogP contribution in [0.15, 0.2) is 54.6 Å². The van der Waals surface area contributed by atoms with Crippen LogP contribution in [0, 0.1) is 6.92 Å². The average Bonchev–Trinajstić information content (AvgIpc) is 2.58. The van der Waals surface area contributed by atoms with Crippen molar-refractivity contribution in [2.45, 2.75) is 20.0 Å². The van der Waals surface area contributed by atoms with E-state index >= 15 is 0 Å². The number of ether oxygens (including phenoxy) is 2. The maximum absolute atomic E-state index is 11.9. The highest BCUT2D eigenvalue weighted by molar-refractivity contribution is 5.85. The first-order chi connectivity index (χ1) is 11.5. The molecule has 2 aromatic rings. The molecule has 0 saturated carbocycles. The number of amides is 2. The molecule has 6 heteroatoms. The number of rotatable bonds is 6. The van der Waals surface area contributed by atoms with Gasteiger partial charge in [0.25, 0.3) is 11.8 Å². The maximum Gasteiger partial charge on any atom is 0.279 e. The second-order valence-corrected chi connectivity index (χ2v) is 5.22. The third kappa shape index (κ3) is 5.64. The molecule has 1 unspecified atom stereocenters. The van der Waals surface area contributed by atoms with Crippen LogP contribution >= 0.6 is 0 Å². The van der Waals surface area contributed by atoms with Gasteiger partial charge in [-0.2, -0.15) is 0 Å². The highest BCUT2D eigenvalue weighted by Crippen LogP contribution is 2.12. The molecule has 0 aliphatic carbocycles. The van der Waals surface area contributed by atoms with Crippen LogP contribution in [0.4, 0.5) is 0 Å². The quantitative estimate of drug-likeness (QED) is 0.795. The van der Waals surface area contributed by atoms with Gasteiger partial charge in [0.1, 0.15) is 11.5 Å². The van der Waals surface area contributed by atoms with Crippen molar-refractivity contribution in [3.63, 3.8) is 0 Å². The van der Waals surface area contributed by atoms with Gasteiger partial charge in [0, 0.05) is 0 Å². The lowest BCUT2D eigenvalue weighted by atomic mass is 10.2. The number of carbonyl (C=O) groups is 2. The van der Waals surface area contributed by atoms with E-state index in [1.165, 1.54) is 0 Å². The lowest BCUT2D eigenvalue weighted by Crippen LogP contribution is -2.48. The minimum absolute atomic E-state index is 0.197. The van der Waals surface area contributed by atoms with Crippen molar-refractivity contribution >= 4 is 11.8 Å². The lowest BCUT2D eigenvalue weighted by molar-refractivity contribution is -0.133. The standard InChI is InChI=1S/C18H20N2O4/c1-13-7-6-10-16(11-13)23-12-17(21)19-20-18(22)14(2)24-15-8-4-3-5-9-15/h3-11,14H,12H2,1-2H3,(H,19,21)(H,20,22). The number of carbonyl (C=O) groups excluding carboxylic acids is 2. The molecule has 0 spiro atoms. The smallest absolute Gasteiger partial charge is 0.279 e. The van der Waals surface area contributed by atoms with Crippen molar-refractivity contribution < 1.29 is 19.1 Å². The molecular formula is C18H20N2O4. The van der Waals surface area contributed by atoms with Crippen molar-refractivity contribution in [3.05, 3.63) is 60.2 Å². The Morgan fingerprint density at radius 2 is 1.71 bits per heavy atom. The molecule has 0 aliphatic rings. The first kappa shape index (κ1) is 17.3. The van der Waals surface area contributed by atoms with Gasteiger partial charge >= 0.3 is 0 Å². The van der Waals surface area contributed by atoms with Crippen molar-refractivity contribution in [1.82, 2.24) is 10.9 Å². The fourth-order valence-corrected chi connectivity index (χ4v) is 1.88. The first-order valence-electron chi connectivity index (χ1n) is 7.54. The highest BCUT2D eigenvalue weighted by atomic mass is 16.5. The van der Waals surface area contributed by atoms with E-state index in [0.717, 1.165) is 5.56 Å². The van der Waals surface area contributed by atoms with Crippen LogP contribution in [0.1, 0.15) is 12.5 Å². The van der Waals surface area contributed by atoms with Crippen LogP contribution in [0.5, 0.6) is 11.5 Å². The molecular weight excluding hydrogens is 308 g/mol. The van der Waals surface area contributed by atoms with Crippen LogP contribution in [-0.2, 0) is 9.59 Å². The Balaban J connectivity index is 1.71. The second kappa shape index (κ2) is 8.57. The van der Waals surface area contributed by atoms with E-state index in [1.807, 2.05) is 43.3 Å². The normalized spacial score (nSPS) is 11.2. The summed E-state index contributed by atoms with van der Waals surface area (Å²) < 4.78 is 10.8. The van der Waals surface area contributed by atoms with E-state index in [2.05, 4.69) is 10.9 Å². The van der Waals surface area contributed by atoms with E-state index in [9.17, 15) is 9.59 Å². The second-order valence-electron chi connectivity index (χ2n) is 5.22.